The Morgan fingerprint density at radius 3 is 2.52 bits per heavy atom. The third-order valence-corrected chi connectivity index (χ3v) is 4.19. The number of aromatic nitrogens is 4. The molecule has 0 radical (unpaired) electrons. The third-order valence-electron chi connectivity index (χ3n) is 3.60. The molecule has 0 unspecified atom stereocenters. The van der Waals surface area contributed by atoms with Crippen molar-refractivity contribution in [3.8, 4) is 22.8 Å². The summed E-state index contributed by atoms with van der Waals surface area (Å²) in [7, 11) is 0. The lowest BCUT2D eigenvalue weighted by molar-refractivity contribution is 0.102. The lowest BCUT2D eigenvalue weighted by Crippen LogP contribution is -2.11. The molecule has 0 bridgehead atoms. The predicted molar refractivity (Wildman–Crippen MR) is 97.3 cm³/mol. The summed E-state index contributed by atoms with van der Waals surface area (Å²) in [5.74, 6) is 1.10. The highest BCUT2D eigenvalue weighted by Crippen LogP contribution is 2.21. The monoisotopic (exact) mass is 347 g/mol. The summed E-state index contributed by atoms with van der Waals surface area (Å²) in [6.45, 7) is 0. The van der Waals surface area contributed by atoms with Crippen molar-refractivity contribution in [2.75, 3.05) is 5.32 Å². The van der Waals surface area contributed by atoms with Gasteiger partial charge in [0.15, 0.2) is 11.6 Å². The lowest BCUT2D eigenvalue weighted by Gasteiger charge is -2.04. The van der Waals surface area contributed by atoms with Gasteiger partial charge in [-0.1, -0.05) is 30.3 Å². The molecule has 0 saturated heterocycles. The van der Waals surface area contributed by atoms with Crippen LogP contribution in [-0.4, -0.2) is 26.1 Å². The van der Waals surface area contributed by atoms with Gasteiger partial charge in [-0.2, -0.15) is 5.10 Å². The van der Waals surface area contributed by atoms with Crippen LogP contribution in [0, 0.1) is 0 Å². The molecule has 2 N–H and O–H groups in total. The van der Waals surface area contributed by atoms with Crippen LogP contribution in [0.5, 0.6) is 0 Å². The van der Waals surface area contributed by atoms with Crippen LogP contribution in [0.2, 0.25) is 0 Å². The summed E-state index contributed by atoms with van der Waals surface area (Å²) in [6, 6.07) is 17.2. The first kappa shape index (κ1) is 15.2. The smallest absolute Gasteiger partial charge is 0.275 e. The lowest BCUT2D eigenvalue weighted by atomic mass is 10.2. The number of H-pyrrole nitrogens is 1. The number of aromatic amines is 1. The van der Waals surface area contributed by atoms with E-state index >= 15 is 0 Å². The van der Waals surface area contributed by atoms with Crippen LogP contribution in [0.25, 0.3) is 22.8 Å². The van der Waals surface area contributed by atoms with Crippen LogP contribution in [0.1, 0.15) is 10.5 Å². The van der Waals surface area contributed by atoms with E-state index in [1.165, 1.54) is 11.3 Å². The van der Waals surface area contributed by atoms with Crippen LogP contribution in [-0.2, 0) is 0 Å². The number of nitrogens with zero attached hydrogens (tertiary/aromatic N) is 3. The molecule has 0 aliphatic rings. The summed E-state index contributed by atoms with van der Waals surface area (Å²) >= 11 is 1.39. The molecule has 0 saturated carbocycles. The van der Waals surface area contributed by atoms with Gasteiger partial charge in [0.1, 0.15) is 5.69 Å². The standard InChI is InChI=1S/C18H13N5OS/c24-18(15-10-25-11-19-15)20-14-8-6-13(7-9-14)17-21-16(22-23-17)12-4-2-1-3-5-12/h1-11H,(H,20,24)(H,21,22,23). The number of benzene rings is 2. The Balaban J connectivity index is 1.51. The average molecular weight is 347 g/mol. The maximum atomic E-state index is 12.0. The first-order chi connectivity index (χ1) is 12.3. The Labute approximate surface area is 147 Å². The van der Waals surface area contributed by atoms with Gasteiger partial charge in [0.25, 0.3) is 5.91 Å². The molecule has 4 aromatic rings. The first-order valence-electron chi connectivity index (χ1n) is 7.57. The van der Waals surface area contributed by atoms with Crippen molar-refractivity contribution in [2.45, 2.75) is 0 Å². The molecule has 2 aromatic heterocycles. The van der Waals surface area contributed by atoms with Gasteiger partial charge >= 0.3 is 0 Å². The van der Waals surface area contributed by atoms with Crippen LogP contribution < -0.4 is 5.32 Å². The van der Waals surface area contributed by atoms with Gasteiger partial charge in [0.2, 0.25) is 0 Å². The molecule has 1 amide bonds. The fourth-order valence-corrected chi connectivity index (χ4v) is 2.87. The van der Waals surface area contributed by atoms with E-state index in [1.54, 1.807) is 10.9 Å². The predicted octanol–water partition coefficient (Wildman–Crippen LogP) is 3.85. The molecule has 0 aliphatic heterocycles. The molecule has 4 rings (SSSR count). The van der Waals surface area contributed by atoms with Crippen molar-refractivity contribution in [1.82, 2.24) is 20.2 Å². The zero-order chi connectivity index (χ0) is 17.1. The van der Waals surface area contributed by atoms with E-state index in [0.29, 0.717) is 23.0 Å². The number of carbonyl (C=O) groups excluding carboxylic acids is 1. The van der Waals surface area contributed by atoms with Gasteiger partial charge in [0.05, 0.1) is 5.51 Å². The van der Waals surface area contributed by atoms with Gasteiger partial charge < -0.3 is 5.32 Å². The normalized spacial score (nSPS) is 10.6. The fourth-order valence-electron chi connectivity index (χ4n) is 2.34. The number of rotatable bonds is 4. The number of thiazole rings is 1. The van der Waals surface area contributed by atoms with Crippen molar-refractivity contribution >= 4 is 22.9 Å². The maximum absolute atomic E-state index is 12.0. The molecule has 6 nitrogen and oxygen atoms in total. The Hall–Kier alpha value is -3.32. The van der Waals surface area contributed by atoms with Crippen LogP contribution >= 0.6 is 11.3 Å². The minimum absolute atomic E-state index is 0.222. The minimum Gasteiger partial charge on any atom is -0.321 e. The number of anilines is 1. The fraction of sp³-hybridized carbons (Fsp3) is 0. The number of carbonyl (C=O) groups is 1. The van der Waals surface area contributed by atoms with Crippen LogP contribution in [0.3, 0.4) is 0 Å². The molecule has 0 aliphatic carbocycles. The van der Waals surface area contributed by atoms with Gasteiger partial charge in [-0.25, -0.2) is 9.97 Å². The van der Waals surface area contributed by atoms with E-state index in [0.717, 1.165) is 11.1 Å². The maximum Gasteiger partial charge on any atom is 0.275 e. The largest absolute Gasteiger partial charge is 0.321 e. The summed E-state index contributed by atoms with van der Waals surface area (Å²) in [5.41, 5.74) is 4.59. The van der Waals surface area contributed by atoms with E-state index in [4.69, 9.17) is 0 Å². The molecule has 7 heteroatoms. The molecular formula is C18H13N5OS. The molecule has 2 aromatic carbocycles. The number of hydrogen-bond donors (Lipinski definition) is 2. The van der Waals surface area contributed by atoms with E-state index in [9.17, 15) is 4.79 Å². The number of amides is 1. The molecule has 122 valence electrons. The van der Waals surface area contributed by atoms with Crippen LogP contribution in [0.4, 0.5) is 5.69 Å². The Bertz CT molecular complexity index is 978. The van der Waals surface area contributed by atoms with E-state index < -0.39 is 0 Å². The minimum atomic E-state index is -0.222. The molecule has 25 heavy (non-hydrogen) atoms. The SMILES string of the molecule is O=C(Nc1ccc(-c2nc(-c3ccccc3)n[nH]2)cc1)c1cscn1. The highest BCUT2D eigenvalue weighted by Gasteiger charge is 2.10. The average Bonchev–Trinajstić information content (AvgIpc) is 3.35. The van der Waals surface area contributed by atoms with Crippen molar-refractivity contribution in [1.29, 1.82) is 0 Å². The Morgan fingerprint density at radius 1 is 1.00 bits per heavy atom. The summed E-state index contributed by atoms with van der Waals surface area (Å²) in [4.78, 5) is 20.5. The number of hydrogen-bond acceptors (Lipinski definition) is 5. The molecule has 2 heterocycles. The van der Waals surface area contributed by atoms with Gasteiger partial charge in [-0.3, -0.25) is 9.89 Å². The molecule has 0 atom stereocenters. The Kier molecular flexibility index (Phi) is 4.05. The highest BCUT2D eigenvalue weighted by atomic mass is 32.1. The van der Waals surface area contributed by atoms with E-state index in [1.807, 2.05) is 54.6 Å². The topological polar surface area (TPSA) is 83.6 Å². The van der Waals surface area contributed by atoms with Crippen molar-refractivity contribution in [3.63, 3.8) is 0 Å². The van der Waals surface area contributed by atoms with Crippen molar-refractivity contribution in [3.05, 3.63) is 71.2 Å². The van der Waals surface area contributed by atoms with E-state index in [-0.39, 0.29) is 5.91 Å². The molecular weight excluding hydrogens is 334 g/mol. The van der Waals surface area contributed by atoms with Gasteiger partial charge in [-0.05, 0) is 24.3 Å². The second kappa shape index (κ2) is 6.66. The zero-order valence-electron chi connectivity index (χ0n) is 13.0. The summed E-state index contributed by atoms with van der Waals surface area (Å²) < 4.78 is 0. The summed E-state index contributed by atoms with van der Waals surface area (Å²) in [5, 5.41) is 11.7. The number of nitrogens with one attached hydrogen (secondary N) is 2. The second-order valence-corrected chi connectivity index (χ2v) is 6.00. The van der Waals surface area contributed by atoms with Gasteiger partial charge in [0, 0.05) is 22.2 Å². The Morgan fingerprint density at radius 2 is 1.80 bits per heavy atom. The second-order valence-electron chi connectivity index (χ2n) is 5.28. The third kappa shape index (κ3) is 3.31. The van der Waals surface area contributed by atoms with Crippen molar-refractivity contribution in [2.24, 2.45) is 0 Å². The molecule has 0 fully saturated rings. The summed E-state index contributed by atoms with van der Waals surface area (Å²) in [6.07, 6.45) is 0. The zero-order valence-corrected chi connectivity index (χ0v) is 13.8. The highest BCUT2D eigenvalue weighted by molar-refractivity contribution is 7.07. The molecule has 0 spiro atoms. The first-order valence-corrected chi connectivity index (χ1v) is 8.52. The van der Waals surface area contributed by atoms with Gasteiger partial charge in [-0.15, -0.1) is 11.3 Å². The van der Waals surface area contributed by atoms with E-state index in [2.05, 4.69) is 25.5 Å². The van der Waals surface area contributed by atoms with Crippen molar-refractivity contribution < 1.29 is 4.79 Å². The quantitative estimate of drug-likeness (QED) is 0.587. The van der Waals surface area contributed by atoms with Crippen LogP contribution in [0.15, 0.2) is 65.5 Å².